The molecule has 7 heteroatoms. The van der Waals surface area contributed by atoms with Gasteiger partial charge >= 0.3 is 0 Å². The van der Waals surface area contributed by atoms with E-state index < -0.39 is 0 Å². The number of nitrogens with one attached hydrogen (secondary N) is 2. The van der Waals surface area contributed by atoms with Crippen LogP contribution in [-0.2, 0) is 6.54 Å². The van der Waals surface area contributed by atoms with Gasteiger partial charge in [0.25, 0.3) is 0 Å². The Bertz CT molecular complexity index is 897. The fraction of sp³-hybridized carbons (Fsp3) is 0.364. The lowest BCUT2D eigenvalue weighted by molar-refractivity contribution is 0.215. The fourth-order valence-corrected chi connectivity index (χ4v) is 3.72. The van der Waals surface area contributed by atoms with Crippen molar-refractivity contribution in [3.05, 3.63) is 72.4 Å². The van der Waals surface area contributed by atoms with Crippen molar-refractivity contribution in [3.8, 4) is 5.69 Å². The van der Waals surface area contributed by atoms with Crippen molar-refractivity contribution in [3.63, 3.8) is 0 Å². The molecule has 0 bridgehead atoms. The first-order chi connectivity index (χ1) is 14.3. The smallest absolute Gasteiger partial charge is 0.191 e. The van der Waals surface area contributed by atoms with Gasteiger partial charge in [0.05, 0.1) is 24.2 Å². The minimum absolute atomic E-state index is 0.215. The monoisotopic (exact) mass is 392 g/mol. The summed E-state index contributed by atoms with van der Waals surface area (Å²) in [5.74, 6) is 1.77. The third kappa shape index (κ3) is 4.86. The number of likely N-dealkylation sites (tertiary alicyclic amines) is 1. The average molecular weight is 393 g/mol. The van der Waals surface area contributed by atoms with Gasteiger partial charge in [0.15, 0.2) is 5.96 Å². The van der Waals surface area contributed by atoms with Gasteiger partial charge in [0.1, 0.15) is 5.76 Å². The van der Waals surface area contributed by atoms with E-state index in [4.69, 9.17) is 4.42 Å². The molecule has 152 valence electrons. The molecule has 3 aromatic rings. The molecule has 0 radical (unpaired) electrons. The molecule has 2 aromatic heterocycles. The summed E-state index contributed by atoms with van der Waals surface area (Å²) in [5, 5.41) is 11.3. The minimum atomic E-state index is 0.215. The maximum atomic E-state index is 5.70. The number of aromatic nitrogens is 2. The molecule has 1 unspecified atom stereocenters. The van der Waals surface area contributed by atoms with Gasteiger partial charge in [0.2, 0.25) is 0 Å². The highest BCUT2D eigenvalue weighted by Gasteiger charge is 2.25. The Labute approximate surface area is 171 Å². The Hall–Kier alpha value is -3.06. The Morgan fingerprint density at radius 2 is 1.97 bits per heavy atom. The summed E-state index contributed by atoms with van der Waals surface area (Å²) in [5.41, 5.74) is 2.15. The van der Waals surface area contributed by atoms with Crippen molar-refractivity contribution < 1.29 is 4.42 Å². The fourth-order valence-electron chi connectivity index (χ4n) is 3.72. The Morgan fingerprint density at radius 3 is 2.69 bits per heavy atom. The third-order valence-corrected chi connectivity index (χ3v) is 5.26. The molecule has 0 amide bonds. The maximum absolute atomic E-state index is 5.70. The standard InChI is InChI=1S/C22H28N6O/c1-23-22(24-14-18-15-26-28(17-18)19-8-3-2-4-9-19)25-16-20(21-10-7-13-29-21)27-11-5-6-12-27/h2-4,7-10,13,15,17,20H,5-6,11-12,14,16H2,1H3,(H2,23,24,25). The Kier molecular flexibility index (Phi) is 6.26. The van der Waals surface area contributed by atoms with Crippen molar-refractivity contribution in [1.82, 2.24) is 25.3 Å². The van der Waals surface area contributed by atoms with Crippen LogP contribution < -0.4 is 10.6 Å². The summed E-state index contributed by atoms with van der Waals surface area (Å²) in [4.78, 5) is 6.84. The number of aliphatic imine (C=N–C) groups is 1. The van der Waals surface area contributed by atoms with Crippen LogP contribution in [0, 0.1) is 0 Å². The molecule has 0 spiro atoms. The van der Waals surface area contributed by atoms with Gasteiger partial charge in [-0.25, -0.2) is 4.68 Å². The number of benzene rings is 1. The van der Waals surface area contributed by atoms with Crippen molar-refractivity contribution in [2.45, 2.75) is 25.4 Å². The van der Waals surface area contributed by atoms with Crippen molar-refractivity contribution in [1.29, 1.82) is 0 Å². The van der Waals surface area contributed by atoms with E-state index in [1.54, 1.807) is 13.3 Å². The van der Waals surface area contributed by atoms with E-state index >= 15 is 0 Å². The van der Waals surface area contributed by atoms with E-state index in [9.17, 15) is 0 Å². The van der Waals surface area contributed by atoms with Gasteiger partial charge in [-0.2, -0.15) is 5.10 Å². The summed E-state index contributed by atoms with van der Waals surface area (Å²) in [6, 6.07) is 14.3. The Balaban J connectivity index is 1.33. The second-order valence-corrected chi connectivity index (χ2v) is 7.21. The zero-order valence-electron chi connectivity index (χ0n) is 16.8. The van der Waals surface area contributed by atoms with E-state index in [2.05, 4.69) is 31.7 Å². The molecular formula is C22H28N6O. The molecule has 1 saturated heterocycles. The molecule has 3 heterocycles. The zero-order valence-corrected chi connectivity index (χ0v) is 16.8. The number of hydrogen-bond donors (Lipinski definition) is 2. The molecule has 7 nitrogen and oxygen atoms in total. The van der Waals surface area contributed by atoms with Gasteiger partial charge in [-0.05, 0) is 50.2 Å². The third-order valence-electron chi connectivity index (χ3n) is 5.26. The lowest BCUT2D eigenvalue weighted by Crippen LogP contribution is -2.42. The predicted molar refractivity (Wildman–Crippen MR) is 114 cm³/mol. The average Bonchev–Trinajstić information content (AvgIpc) is 3.54. The number of rotatable bonds is 7. The molecular weight excluding hydrogens is 364 g/mol. The van der Waals surface area contributed by atoms with Crippen LogP contribution in [0.3, 0.4) is 0 Å². The zero-order chi connectivity index (χ0) is 19.9. The van der Waals surface area contributed by atoms with Crippen LogP contribution in [0.1, 0.15) is 30.2 Å². The van der Waals surface area contributed by atoms with E-state index in [1.807, 2.05) is 53.5 Å². The Morgan fingerprint density at radius 1 is 1.14 bits per heavy atom. The van der Waals surface area contributed by atoms with E-state index in [0.29, 0.717) is 6.54 Å². The van der Waals surface area contributed by atoms with E-state index in [0.717, 1.165) is 42.6 Å². The molecule has 1 fully saturated rings. The van der Waals surface area contributed by atoms with Gasteiger partial charge in [-0.15, -0.1) is 0 Å². The van der Waals surface area contributed by atoms with E-state index in [1.165, 1.54) is 12.8 Å². The second kappa shape index (κ2) is 9.43. The number of furan rings is 1. The predicted octanol–water partition coefficient (Wildman–Crippen LogP) is 2.97. The molecule has 0 saturated carbocycles. The lowest BCUT2D eigenvalue weighted by Gasteiger charge is -2.26. The molecule has 1 aromatic carbocycles. The number of hydrogen-bond acceptors (Lipinski definition) is 4. The summed E-state index contributed by atoms with van der Waals surface area (Å²) < 4.78 is 7.58. The first kappa shape index (κ1) is 19.3. The molecule has 1 aliphatic heterocycles. The maximum Gasteiger partial charge on any atom is 0.191 e. The summed E-state index contributed by atoms with van der Waals surface area (Å²) >= 11 is 0. The molecule has 2 N–H and O–H groups in total. The van der Waals surface area contributed by atoms with Crippen LogP contribution in [0.15, 0.2) is 70.5 Å². The molecule has 1 aliphatic rings. The van der Waals surface area contributed by atoms with Crippen LogP contribution in [-0.4, -0.2) is 47.3 Å². The molecule has 0 aliphatic carbocycles. The minimum Gasteiger partial charge on any atom is -0.468 e. The largest absolute Gasteiger partial charge is 0.468 e. The van der Waals surface area contributed by atoms with Crippen LogP contribution in [0.25, 0.3) is 5.69 Å². The van der Waals surface area contributed by atoms with E-state index in [-0.39, 0.29) is 6.04 Å². The summed E-state index contributed by atoms with van der Waals surface area (Å²) in [7, 11) is 1.79. The number of guanidine groups is 1. The van der Waals surface area contributed by atoms with Crippen molar-refractivity contribution in [2.75, 3.05) is 26.7 Å². The van der Waals surface area contributed by atoms with Crippen molar-refractivity contribution in [2.24, 2.45) is 4.99 Å². The second-order valence-electron chi connectivity index (χ2n) is 7.21. The van der Waals surface area contributed by atoms with Gasteiger partial charge in [0, 0.05) is 31.9 Å². The highest BCUT2D eigenvalue weighted by atomic mass is 16.3. The normalized spacial score (nSPS) is 16.1. The molecule has 4 rings (SSSR count). The van der Waals surface area contributed by atoms with Crippen LogP contribution in [0.5, 0.6) is 0 Å². The summed E-state index contributed by atoms with van der Waals surface area (Å²) in [6.45, 7) is 3.62. The van der Waals surface area contributed by atoms with Crippen LogP contribution in [0.4, 0.5) is 0 Å². The van der Waals surface area contributed by atoms with Gasteiger partial charge in [-0.3, -0.25) is 9.89 Å². The lowest BCUT2D eigenvalue weighted by atomic mass is 10.2. The summed E-state index contributed by atoms with van der Waals surface area (Å²) in [6.07, 6.45) is 8.15. The van der Waals surface area contributed by atoms with Crippen LogP contribution in [0.2, 0.25) is 0 Å². The SMILES string of the molecule is CN=C(NCc1cnn(-c2ccccc2)c1)NCC(c1ccco1)N1CCCC1. The first-order valence-corrected chi connectivity index (χ1v) is 10.1. The quantitative estimate of drug-likeness (QED) is 0.478. The number of nitrogens with zero attached hydrogens (tertiary/aromatic N) is 4. The van der Waals surface area contributed by atoms with Crippen LogP contribution >= 0.6 is 0 Å². The topological polar surface area (TPSA) is 70.6 Å². The number of para-hydroxylation sites is 1. The van der Waals surface area contributed by atoms with Gasteiger partial charge in [-0.1, -0.05) is 18.2 Å². The van der Waals surface area contributed by atoms with Crippen molar-refractivity contribution >= 4 is 5.96 Å². The molecule has 1 atom stereocenters. The molecule has 29 heavy (non-hydrogen) atoms. The first-order valence-electron chi connectivity index (χ1n) is 10.1. The highest BCUT2D eigenvalue weighted by Crippen LogP contribution is 2.24. The van der Waals surface area contributed by atoms with Gasteiger partial charge < -0.3 is 15.1 Å². The highest BCUT2D eigenvalue weighted by molar-refractivity contribution is 5.79.